The van der Waals surface area contributed by atoms with E-state index in [4.69, 9.17) is 23.2 Å². The normalized spacial score (nSPS) is 12.4. The average molecular weight is 377 g/mol. The number of hydrogen-bond acceptors (Lipinski definition) is 1. The highest BCUT2D eigenvalue weighted by Crippen LogP contribution is 2.29. The van der Waals surface area contributed by atoms with Crippen LogP contribution in [0, 0.1) is 5.82 Å². The molecule has 0 fully saturated rings. The fraction of sp³-hybridized carbons (Fsp3) is 0.200. The van der Waals surface area contributed by atoms with Crippen LogP contribution in [0.5, 0.6) is 0 Å². The molecule has 106 valence electrons. The minimum atomic E-state index is -0.252. The van der Waals surface area contributed by atoms with Crippen molar-refractivity contribution in [3.8, 4) is 0 Å². The molecule has 0 radical (unpaired) electrons. The van der Waals surface area contributed by atoms with Gasteiger partial charge in [0.25, 0.3) is 0 Å². The summed E-state index contributed by atoms with van der Waals surface area (Å²) in [6, 6.07) is 10.2. The molecule has 0 amide bonds. The van der Waals surface area contributed by atoms with Gasteiger partial charge in [-0.3, -0.25) is 0 Å². The molecule has 2 aromatic rings. The number of likely N-dealkylation sites (N-methyl/N-ethyl adjacent to an activating group) is 1. The Balaban J connectivity index is 2.28. The van der Waals surface area contributed by atoms with E-state index in [2.05, 4.69) is 21.2 Å². The number of halogens is 4. The average Bonchev–Trinajstić information content (AvgIpc) is 2.43. The summed E-state index contributed by atoms with van der Waals surface area (Å²) >= 11 is 15.4. The Morgan fingerprint density at radius 2 is 1.90 bits per heavy atom. The molecule has 0 aliphatic heterocycles. The van der Waals surface area contributed by atoms with Gasteiger partial charge < -0.3 is 5.32 Å². The quantitative estimate of drug-likeness (QED) is 0.753. The zero-order valence-electron chi connectivity index (χ0n) is 10.8. The van der Waals surface area contributed by atoms with E-state index in [1.54, 1.807) is 12.1 Å². The molecule has 1 nitrogen and oxygen atoms in total. The minimum Gasteiger partial charge on any atom is -0.313 e. The molecule has 0 bridgehead atoms. The second kappa shape index (κ2) is 6.90. The molecule has 0 saturated carbocycles. The van der Waals surface area contributed by atoms with Crippen molar-refractivity contribution in [1.82, 2.24) is 5.32 Å². The van der Waals surface area contributed by atoms with Gasteiger partial charge in [-0.25, -0.2) is 4.39 Å². The van der Waals surface area contributed by atoms with E-state index in [1.807, 2.05) is 19.2 Å². The van der Waals surface area contributed by atoms with Crippen molar-refractivity contribution in [2.24, 2.45) is 0 Å². The second-order valence-electron chi connectivity index (χ2n) is 4.46. The van der Waals surface area contributed by atoms with Gasteiger partial charge in [-0.2, -0.15) is 0 Å². The Bertz CT molecular complexity index is 619. The summed E-state index contributed by atoms with van der Waals surface area (Å²) in [5.74, 6) is -0.252. The van der Waals surface area contributed by atoms with E-state index in [9.17, 15) is 4.39 Å². The van der Waals surface area contributed by atoms with Crippen LogP contribution in [0.4, 0.5) is 4.39 Å². The Hall–Kier alpha value is -0.610. The van der Waals surface area contributed by atoms with E-state index in [0.29, 0.717) is 16.5 Å². The van der Waals surface area contributed by atoms with Gasteiger partial charge in [-0.15, -0.1) is 0 Å². The number of benzene rings is 2. The molecule has 5 heteroatoms. The largest absolute Gasteiger partial charge is 0.313 e. The summed E-state index contributed by atoms with van der Waals surface area (Å²) in [6.07, 6.45) is 0.690. The van der Waals surface area contributed by atoms with Crippen molar-refractivity contribution in [2.75, 3.05) is 7.05 Å². The molecular weight excluding hydrogens is 364 g/mol. The minimum absolute atomic E-state index is 0.0164. The molecule has 0 aromatic heterocycles. The first-order valence-corrected chi connectivity index (χ1v) is 7.62. The fourth-order valence-corrected chi connectivity index (χ4v) is 2.90. The van der Waals surface area contributed by atoms with Crippen molar-refractivity contribution in [3.63, 3.8) is 0 Å². The summed E-state index contributed by atoms with van der Waals surface area (Å²) in [4.78, 5) is 0. The highest BCUT2D eigenvalue weighted by Gasteiger charge is 2.15. The van der Waals surface area contributed by atoms with E-state index >= 15 is 0 Å². The van der Waals surface area contributed by atoms with Gasteiger partial charge in [-0.05, 0) is 54.9 Å². The summed E-state index contributed by atoms with van der Waals surface area (Å²) in [5, 5.41) is 4.25. The number of rotatable bonds is 4. The van der Waals surface area contributed by atoms with Crippen LogP contribution in [0.1, 0.15) is 17.2 Å². The summed E-state index contributed by atoms with van der Waals surface area (Å²) in [7, 11) is 1.85. The molecule has 0 spiro atoms. The standard InChI is InChI=1S/C15H13BrCl2FN/c1-20-15(11-8-10(19)3-4-12(11)16)7-9-2-5-13(17)14(18)6-9/h2-6,8,15,20H,7H2,1H3. The highest BCUT2D eigenvalue weighted by atomic mass is 79.9. The van der Waals surface area contributed by atoms with E-state index in [-0.39, 0.29) is 11.9 Å². The van der Waals surface area contributed by atoms with Crippen molar-refractivity contribution in [1.29, 1.82) is 0 Å². The smallest absolute Gasteiger partial charge is 0.123 e. The van der Waals surface area contributed by atoms with Crippen LogP contribution in [-0.2, 0) is 6.42 Å². The van der Waals surface area contributed by atoms with Crippen LogP contribution in [0.2, 0.25) is 10.0 Å². The van der Waals surface area contributed by atoms with Crippen LogP contribution in [0.25, 0.3) is 0 Å². The van der Waals surface area contributed by atoms with Gasteiger partial charge in [0.2, 0.25) is 0 Å². The second-order valence-corrected chi connectivity index (χ2v) is 6.13. The maximum Gasteiger partial charge on any atom is 0.123 e. The maximum absolute atomic E-state index is 13.4. The molecule has 0 heterocycles. The number of hydrogen-bond donors (Lipinski definition) is 1. The Morgan fingerprint density at radius 3 is 2.55 bits per heavy atom. The molecule has 20 heavy (non-hydrogen) atoms. The lowest BCUT2D eigenvalue weighted by Gasteiger charge is -2.18. The Labute approximate surface area is 136 Å². The van der Waals surface area contributed by atoms with E-state index in [0.717, 1.165) is 15.6 Å². The molecule has 1 unspecified atom stereocenters. The van der Waals surface area contributed by atoms with Crippen LogP contribution in [0.3, 0.4) is 0 Å². The molecule has 1 N–H and O–H groups in total. The maximum atomic E-state index is 13.4. The lowest BCUT2D eigenvalue weighted by molar-refractivity contribution is 0.575. The number of nitrogens with one attached hydrogen (secondary N) is 1. The zero-order valence-corrected chi connectivity index (χ0v) is 13.9. The lowest BCUT2D eigenvalue weighted by Crippen LogP contribution is -2.19. The molecule has 2 rings (SSSR count). The predicted molar refractivity (Wildman–Crippen MR) is 86.1 cm³/mol. The van der Waals surface area contributed by atoms with Crippen LogP contribution < -0.4 is 5.32 Å². The summed E-state index contributed by atoms with van der Waals surface area (Å²) in [6.45, 7) is 0. The van der Waals surface area contributed by atoms with Gasteiger partial charge in [0, 0.05) is 10.5 Å². The monoisotopic (exact) mass is 375 g/mol. The van der Waals surface area contributed by atoms with Crippen LogP contribution in [-0.4, -0.2) is 7.05 Å². The molecule has 0 saturated heterocycles. The molecule has 0 aliphatic rings. The highest BCUT2D eigenvalue weighted by molar-refractivity contribution is 9.10. The van der Waals surface area contributed by atoms with Crippen LogP contribution in [0.15, 0.2) is 40.9 Å². The third kappa shape index (κ3) is 3.73. The first-order chi connectivity index (χ1) is 9.51. The summed E-state index contributed by atoms with van der Waals surface area (Å²) < 4.78 is 14.3. The van der Waals surface area contributed by atoms with Gasteiger partial charge >= 0.3 is 0 Å². The fourth-order valence-electron chi connectivity index (χ4n) is 2.05. The molecular formula is C15H13BrCl2FN. The Morgan fingerprint density at radius 1 is 1.15 bits per heavy atom. The van der Waals surface area contributed by atoms with Crippen molar-refractivity contribution < 1.29 is 4.39 Å². The van der Waals surface area contributed by atoms with Crippen molar-refractivity contribution in [3.05, 3.63) is 67.9 Å². The first kappa shape index (κ1) is 15.8. The van der Waals surface area contributed by atoms with Gasteiger partial charge in [0.15, 0.2) is 0 Å². The zero-order chi connectivity index (χ0) is 14.7. The third-order valence-corrected chi connectivity index (χ3v) is 4.57. The van der Waals surface area contributed by atoms with Crippen LogP contribution >= 0.6 is 39.1 Å². The van der Waals surface area contributed by atoms with Gasteiger partial charge in [0.1, 0.15) is 5.82 Å². The van der Waals surface area contributed by atoms with Crippen molar-refractivity contribution >= 4 is 39.1 Å². The third-order valence-electron chi connectivity index (χ3n) is 3.11. The molecule has 2 aromatic carbocycles. The van der Waals surface area contributed by atoms with Crippen molar-refractivity contribution in [2.45, 2.75) is 12.5 Å². The van der Waals surface area contributed by atoms with E-state index in [1.165, 1.54) is 12.1 Å². The predicted octanol–water partition coefficient (Wildman–Crippen LogP) is 5.40. The van der Waals surface area contributed by atoms with Gasteiger partial charge in [0.05, 0.1) is 10.0 Å². The van der Waals surface area contributed by atoms with E-state index < -0.39 is 0 Å². The summed E-state index contributed by atoms with van der Waals surface area (Å²) in [5.41, 5.74) is 1.91. The lowest BCUT2D eigenvalue weighted by atomic mass is 9.99. The first-order valence-electron chi connectivity index (χ1n) is 6.07. The Kier molecular flexibility index (Phi) is 5.44. The van der Waals surface area contributed by atoms with Gasteiger partial charge in [-0.1, -0.05) is 45.2 Å². The molecule has 1 atom stereocenters. The SMILES string of the molecule is CNC(Cc1ccc(Cl)c(Cl)c1)c1cc(F)ccc1Br. The topological polar surface area (TPSA) is 12.0 Å². The molecule has 0 aliphatic carbocycles.